The number of likely N-dealkylation sites (tertiary alicyclic amines) is 1. The number of guanidine groups is 1. The number of hydrogen-bond donors (Lipinski definition) is 2. The van der Waals surface area contributed by atoms with Crippen LogP contribution in [0.1, 0.15) is 26.7 Å². The maximum absolute atomic E-state index is 12.1. The van der Waals surface area contributed by atoms with E-state index < -0.39 is 0 Å². The first-order chi connectivity index (χ1) is 12.1. The molecule has 1 fully saturated rings. The zero-order valence-electron chi connectivity index (χ0n) is 15.5. The van der Waals surface area contributed by atoms with E-state index in [2.05, 4.69) is 39.9 Å². The van der Waals surface area contributed by atoms with Crippen LogP contribution in [0.2, 0.25) is 0 Å². The molecular formula is C19H30N4OS. The number of hydrogen-bond acceptors (Lipinski definition) is 3. The summed E-state index contributed by atoms with van der Waals surface area (Å²) < 4.78 is 0. The van der Waals surface area contributed by atoms with E-state index in [1.807, 2.05) is 36.6 Å². The van der Waals surface area contributed by atoms with Crippen molar-refractivity contribution >= 4 is 23.6 Å². The van der Waals surface area contributed by atoms with Crippen LogP contribution in [0.5, 0.6) is 0 Å². The van der Waals surface area contributed by atoms with Crippen LogP contribution in [0.25, 0.3) is 0 Å². The normalized spacial score (nSPS) is 17.8. The number of amides is 1. The average Bonchev–Trinajstić information content (AvgIpc) is 3.09. The first-order valence-corrected chi connectivity index (χ1v) is 10.0. The van der Waals surface area contributed by atoms with Crippen molar-refractivity contribution in [2.24, 2.45) is 10.9 Å². The second kappa shape index (κ2) is 10.3. The lowest BCUT2D eigenvalue weighted by Gasteiger charge is -2.20. The second-order valence-electron chi connectivity index (χ2n) is 6.58. The monoisotopic (exact) mass is 362 g/mol. The van der Waals surface area contributed by atoms with E-state index in [-0.39, 0.29) is 17.9 Å². The minimum atomic E-state index is 0.0679. The molecule has 5 nitrogen and oxygen atoms in total. The van der Waals surface area contributed by atoms with Gasteiger partial charge in [0.05, 0.1) is 0 Å². The minimum Gasteiger partial charge on any atom is -0.356 e. The quantitative estimate of drug-likeness (QED) is 0.339. The average molecular weight is 363 g/mol. The predicted octanol–water partition coefficient (Wildman–Crippen LogP) is 2.59. The largest absolute Gasteiger partial charge is 0.356 e. The summed E-state index contributed by atoms with van der Waals surface area (Å²) in [4.78, 5) is 19.6. The molecule has 25 heavy (non-hydrogen) atoms. The van der Waals surface area contributed by atoms with Crippen LogP contribution in [-0.2, 0) is 4.79 Å². The Bertz CT molecular complexity index is 562. The van der Waals surface area contributed by atoms with Crippen LogP contribution in [0.3, 0.4) is 0 Å². The first-order valence-electron chi connectivity index (χ1n) is 9.04. The van der Waals surface area contributed by atoms with Gasteiger partial charge in [-0.3, -0.25) is 9.79 Å². The SMILES string of the molecule is CN=C(NCCCSc1ccccc1)NC1CCN(C(=O)C(C)C)C1. The third kappa shape index (κ3) is 6.61. The number of benzene rings is 1. The van der Waals surface area contributed by atoms with Crippen molar-refractivity contribution in [3.8, 4) is 0 Å². The summed E-state index contributed by atoms with van der Waals surface area (Å²) in [6.45, 7) is 6.40. The lowest BCUT2D eigenvalue weighted by atomic mass is 10.2. The number of carbonyl (C=O) groups is 1. The fraction of sp³-hybridized carbons (Fsp3) is 0.579. The third-order valence-corrected chi connectivity index (χ3v) is 5.28. The van der Waals surface area contributed by atoms with Gasteiger partial charge in [0.25, 0.3) is 0 Å². The van der Waals surface area contributed by atoms with Crippen LogP contribution in [0, 0.1) is 5.92 Å². The fourth-order valence-corrected chi connectivity index (χ4v) is 3.69. The maximum Gasteiger partial charge on any atom is 0.225 e. The van der Waals surface area contributed by atoms with Gasteiger partial charge in [-0.1, -0.05) is 32.0 Å². The smallest absolute Gasteiger partial charge is 0.225 e. The molecule has 1 atom stereocenters. The van der Waals surface area contributed by atoms with Gasteiger partial charge in [-0.25, -0.2) is 0 Å². The summed E-state index contributed by atoms with van der Waals surface area (Å²) in [6.07, 6.45) is 2.05. The van der Waals surface area contributed by atoms with Gasteiger partial charge in [-0.2, -0.15) is 0 Å². The summed E-state index contributed by atoms with van der Waals surface area (Å²) in [5.74, 6) is 2.21. The van der Waals surface area contributed by atoms with Crippen LogP contribution in [0.15, 0.2) is 40.2 Å². The number of carbonyl (C=O) groups excluding carboxylic acids is 1. The zero-order chi connectivity index (χ0) is 18.1. The molecular weight excluding hydrogens is 332 g/mol. The molecule has 1 unspecified atom stereocenters. The Morgan fingerprint density at radius 3 is 2.80 bits per heavy atom. The summed E-state index contributed by atoms with van der Waals surface area (Å²) in [5.41, 5.74) is 0. The molecule has 1 heterocycles. The number of aliphatic imine (C=N–C) groups is 1. The van der Waals surface area contributed by atoms with E-state index in [1.54, 1.807) is 7.05 Å². The van der Waals surface area contributed by atoms with Gasteiger partial charge in [0.2, 0.25) is 5.91 Å². The molecule has 1 aromatic rings. The number of nitrogens with one attached hydrogen (secondary N) is 2. The molecule has 0 saturated carbocycles. The Morgan fingerprint density at radius 1 is 1.36 bits per heavy atom. The van der Waals surface area contributed by atoms with Crippen molar-refractivity contribution in [1.29, 1.82) is 0 Å². The van der Waals surface area contributed by atoms with E-state index in [9.17, 15) is 4.79 Å². The molecule has 2 N–H and O–H groups in total. The lowest BCUT2D eigenvalue weighted by molar-refractivity contribution is -0.133. The standard InChI is InChI=1S/C19H30N4OS/c1-15(2)18(24)23-12-10-16(14-23)22-19(20-3)21-11-7-13-25-17-8-5-4-6-9-17/h4-6,8-9,15-16H,7,10-14H2,1-3H3,(H2,20,21,22). The van der Waals surface area contributed by atoms with E-state index in [0.29, 0.717) is 0 Å². The van der Waals surface area contributed by atoms with Crippen molar-refractivity contribution in [3.63, 3.8) is 0 Å². The summed E-state index contributed by atoms with van der Waals surface area (Å²) in [7, 11) is 1.79. The number of thioether (sulfide) groups is 1. The molecule has 1 saturated heterocycles. The van der Waals surface area contributed by atoms with Crippen molar-refractivity contribution < 1.29 is 4.79 Å². The second-order valence-corrected chi connectivity index (χ2v) is 7.75. The molecule has 0 radical (unpaired) electrons. The van der Waals surface area contributed by atoms with Crippen molar-refractivity contribution in [2.75, 3.05) is 32.4 Å². The highest BCUT2D eigenvalue weighted by atomic mass is 32.2. The van der Waals surface area contributed by atoms with Crippen molar-refractivity contribution in [3.05, 3.63) is 30.3 Å². The third-order valence-electron chi connectivity index (χ3n) is 4.18. The van der Waals surface area contributed by atoms with E-state index >= 15 is 0 Å². The molecule has 1 aliphatic rings. The highest BCUT2D eigenvalue weighted by Gasteiger charge is 2.27. The van der Waals surface area contributed by atoms with Crippen molar-refractivity contribution in [2.45, 2.75) is 37.6 Å². The van der Waals surface area contributed by atoms with Crippen molar-refractivity contribution in [1.82, 2.24) is 15.5 Å². The molecule has 1 aliphatic heterocycles. The molecule has 1 amide bonds. The molecule has 0 bridgehead atoms. The highest BCUT2D eigenvalue weighted by Crippen LogP contribution is 2.17. The number of nitrogens with zero attached hydrogens (tertiary/aromatic N) is 2. The molecule has 138 valence electrons. The Hall–Kier alpha value is -1.69. The van der Waals surface area contributed by atoms with Crippen LogP contribution >= 0.6 is 11.8 Å². The first kappa shape index (κ1) is 19.6. The summed E-state index contributed by atoms with van der Waals surface area (Å²) in [5, 5.41) is 6.81. The molecule has 2 rings (SSSR count). The van der Waals surface area contributed by atoms with Crippen LogP contribution in [-0.4, -0.2) is 55.2 Å². The number of rotatable bonds is 7. The summed E-state index contributed by atoms with van der Waals surface area (Å²) >= 11 is 1.87. The molecule has 1 aromatic carbocycles. The lowest BCUT2D eigenvalue weighted by Crippen LogP contribution is -2.45. The molecule has 6 heteroatoms. The van der Waals surface area contributed by atoms with E-state index in [4.69, 9.17) is 0 Å². The summed E-state index contributed by atoms with van der Waals surface area (Å²) in [6, 6.07) is 10.8. The molecule has 0 aliphatic carbocycles. The van der Waals surface area contributed by atoms with E-state index in [0.717, 1.165) is 44.2 Å². The zero-order valence-corrected chi connectivity index (χ0v) is 16.3. The van der Waals surface area contributed by atoms with Crippen LogP contribution < -0.4 is 10.6 Å². The van der Waals surface area contributed by atoms with Crippen LogP contribution in [0.4, 0.5) is 0 Å². The van der Waals surface area contributed by atoms with Gasteiger partial charge in [0.1, 0.15) is 0 Å². The van der Waals surface area contributed by atoms with Gasteiger partial charge in [0, 0.05) is 43.5 Å². The van der Waals surface area contributed by atoms with Gasteiger partial charge in [-0.15, -0.1) is 11.8 Å². The topological polar surface area (TPSA) is 56.7 Å². The van der Waals surface area contributed by atoms with Gasteiger partial charge >= 0.3 is 0 Å². The Kier molecular flexibility index (Phi) is 8.12. The highest BCUT2D eigenvalue weighted by molar-refractivity contribution is 7.99. The van der Waals surface area contributed by atoms with Gasteiger partial charge in [-0.05, 0) is 30.7 Å². The van der Waals surface area contributed by atoms with Gasteiger partial charge in [0.15, 0.2) is 5.96 Å². The molecule has 0 aromatic heterocycles. The molecule has 0 spiro atoms. The Balaban J connectivity index is 1.63. The predicted molar refractivity (Wildman–Crippen MR) is 106 cm³/mol. The fourth-order valence-electron chi connectivity index (χ4n) is 2.82. The minimum absolute atomic E-state index is 0.0679. The maximum atomic E-state index is 12.1. The Labute approximate surface area is 155 Å². The van der Waals surface area contributed by atoms with Gasteiger partial charge < -0.3 is 15.5 Å². The Morgan fingerprint density at radius 2 is 2.12 bits per heavy atom. The van der Waals surface area contributed by atoms with E-state index in [1.165, 1.54) is 4.90 Å².